The van der Waals surface area contributed by atoms with E-state index in [-0.39, 0.29) is 0 Å². The van der Waals surface area contributed by atoms with Crippen molar-refractivity contribution in [1.82, 2.24) is 15.3 Å². The van der Waals surface area contributed by atoms with Crippen LogP contribution in [0.2, 0.25) is 0 Å². The first-order valence-electron chi connectivity index (χ1n) is 6.34. The molecule has 2 rings (SSSR count). The predicted molar refractivity (Wildman–Crippen MR) is 72.3 cm³/mol. The molecule has 1 heterocycles. The number of fused-ring (bicyclic) bond motifs is 1. The molecule has 0 amide bonds. The maximum atomic E-state index is 4.41. The van der Waals surface area contributed by atoms with Gasteiger partial charge in [-0.15, -0.1) is 0 Å². The molecule has 0 atom stereocenters. The molecule has 92 valence electrons. The van der Waals surface area contributed by atoms with Crippen LogP contribution in [-0.4, -0.2) is 22.6 Å². The molecule has 0 saturated heterocycles. The third-order valence-electron chi connectivity index (χ3n) is 2.86. The standard InChI is InChI=1S/C14H21N3/c1-10(2)15-8-4-5-12-6-7-13-14(9-12)17-11(3)16-13/h6-7,9-10,15H,4-5,8H2,1-3H3,(H,16,17). The average Bonchev–Trinajstić information content (AvgIpc) is 2.63. The van der Waals surface area contributed by atoms with Crippen LogP contribution in [-0.2, 0) is 6.42 Å². The Hall–Kier alpha value is -1.35. The van der Waals surface area contributed by atoms with Crippen molar-refractivity contribution < 1.29 is 0 Å². The van der Waals surface area contributed by atoms with Crippen LogP contribution >= 0.6 is 0 Å². The van der Waals surface area contributed by atoms with Crippen molar-refractivity contribution in [3.8, 4) is 0 Å². The van der Waals surface area contributed by atoms with E-state index in [1.54, 1.807) is 0 Å². The Balaban J connectivity index is 1.94. The quantitative estimate of drug-likeness (QED) is 0.777. The fraction of sp³-hybridized carbons (Fsp3) is 0.500. The first-order valence-corrected chi connectivity index (χ1v) is 6.34. The van der Waals surface area contributed by atoms with Gasteiger partial charge < -0.3 is 10.3 Å². The molecule has 0 spiro atoms. The molecule has 0 fully saturated rings. The molecule has 0 unspecified atom stereocenters. The predicted octanol–water partition coefficient (Wildman–Crippen LogP) is 2.80. The van der Waals surface area contributed by atoms with E-state index in [0.717, 1.165) is 29.8 Å². The van der Waals surface area contributed by atoms with Crippen LogP contribution in [0.1, 0.15) is 31.7 Å². The van der Waals surface area contributed by atoms with Crippen molar-refractivity contribution in [3.05, 3.63) is 29.6 Å². The number of aromatic nitrogens is 2. The topological polar surface area (TPSA) is 40.7 Å². The smallest absolute Gasteiger partial charge is 0.104 e. The minimum Gasteiger partial charge on any atom is -0.342 e. The number of benzene rings is 1. The second-order valence-electron chi connectivity index (χ2n) is 4.89. The van der Waals surface area contributed by atoms with Gasteiger partial charge in [0.1, 0.15) is 5.82 Å². The highest BCUT2D eigenvalue weighted by Gasteiger charge is 2.01. The lowest BCUT2D eigenvalue weighted by Gasteiger charge is -2.07. The number of aromatic amines is 1. The first-order chi connectivity index (χ1) is 8.15. The molecule has 1 aromatic heterocycles. The summed E-state index contributed by atoms with van der Waals surface area (Å²) in [4.78, 5) is 7.69. The summed E-state index contributed by atoms with van der Waals surface area (Å²) in [5.74, 6) is 0.985. The molecule has 0 aliphatic heterocycles. The van der Waals surface area contributed by atoms with Gasteiger partial charge in [-0.05, 0) is 44.0 Å². The average molecular weight is 231 g/mol. The van der Waals surface area contributed by atoms with Crippen molar-refractivity contribution in [2.75, 3.05) is 6.54 Å². The van der Waals surface area contributed by atoms with E-state index in [4.69, 9.17) is 0 Å². The molecule has 0 saturated carbocycles. The molecule has 3 heteroatoms. The van der Waals surface area contributed by atoms with Crippen LogP contribution in [0.5, 0.6) is 0 Å². The number of H-pyrrole nitrogens is 1. The lowest BCUT2D eigenvalue weighted by atomic mass is 10.1. The highest BCUT2D eigenvalue weighted by Crippen LogP contribution is 2.14. The van der Waals surface area contributed by atoms with Crippen LogP contribution in [0, 0.1) is 6.92 Å². The van der Waals surface area contributed by atoms with Gasteiger partial charge in [-0.1, -0.05) is 19.9 Å². The molecule has 0 bridgehead atoms. The summed E-state index contributed by atoms with van der Waals surface area (Å²) in [6.45, 7) is 7.43. The second-order valence-corrected chi connectivity index (χ2v) is 4.89. The van der Waals surface area contributed by atoms with E-state index in [9.17, 15) is 0 Å². The lowest BCUT2D eigenvalue weighted by Crippen LogP contribution is -2.23. The Kier molecular flexibility index (Phi) is 3.79. The van der Waals surface area contributed by atoms with E-state index >= 15 is 0 Å². The SMILES string of the molecule is Cc1nc2ccc(CCCNC(C)C)cc2[nH]1. The van der Waals surface area contributed by atoms with Gasteiger partial charge in [-0.2, -0.15) is 0 Å². The monoisotopic (exact) mass is 231 g/mol. The molecule has 2 aromatic rings. The molecular weight excluding hydrogens is 210 g/mol. The first kappa shape index (κ1) is 12.1. The fourth-order valence-corrected chi connectivity index (χ4v) is 2.02. The molecular formula is C14H21N3. The Bertz CT molecular complexity index is 485. The number of hydrogen-bond acceptors (Lipinski definition) is 2. The van der Waals surface area contributed by atoms with Crippen molar-refractivity contribution in [2.24, 2.45) is 0 Å². The van der Waals surface area contributed by atoms with Gasteiger partial charge in [0.25, 0.3) is 0 Å². The second kappa shape index (κ2) is 5.32. The molecule has 1 aromatic carbocycles. The maximum Gasteiger partial charge on any atom is 0.104 e. The van der Waals surface area contributed by atoms with Gasteiger partial charge in [-0.25, -0.2) is 4.98 Å². The van der Waals surface area contributed by atoms with Crippen molar-refractivity contribution in [1.29, 1.82) is 0 Å². The van der Waals surface area contributed by atoms with E-state index in [2.05, 4.69) is 47.3 Å². The van der Waals surface area contributed by atoms with Gasteiger partial charge in [0.15, 0.2) is 0 Å². The van der Waals surface area contributed by atoms with Crippen LogP contribution in [0.4, 0.5) is 0 Å². The largest absolute Gasteiger partial charge is 0.342 e. The number of rotatable bonds is 5. The Morgan fingerprint density at radius 1 is 1.35 bits per heavy atom. The number of nitrogens with one attached hydrogen (secondary N) is 2. The van der Waals surface area contributed by atoms with Crippen molar-refractivity contribution in [2.45, 2.75) is 39.7 Å². The fourth-order valence-electron chi connectivity index (χ4n) is 2.02. The van der Waals surface area contributed by atoms with Gasteiger partial charge in [0, 0.05) is 6.04 Å². The van der Waals surface area contributed by atoms with Gasteiger partial charge in [0.2, 0.25) is 0 Å². The molecule has 3 nitrogen and oxygen atoms in total. The summed E-state index contributed by atoms with van der Waals surface area (Å²) in [5, 5.41) is 3.44. The molecule has 0 aliphatic rings. The summed E-state index contributed by atoms with van der Waals surface area (Å²) in [6.07, 6.45) is 2.30. The van der Waals surface area contributed by atoms with Crippen LogP contribution < -0.4 is 5.32 Å². The zero-order valence-electron chi connectivity index (χ0n) is 10.9. The van der Waals surface area contributed by atoms with Gasteiger partial charge in [0.05, 0.1) is 11.0 Å². The van der Waals surface area contributed by atoms with E-state index in [0.29, 0.717) is 6.04 Å². The molecule has 17 heavy (non-hydrogen) atoms. The van der Waals surface area contributed by atoms with Crippen molar-refractivity contribution in [3.63, 3.8) is 0 Å². The maximum absolute atomic E-state index is 4.41. The summed E-state index contributed by atoms with van der Waals surface area (Å²) in [5.41, 5.74) is 3.59. The van der Waals surface area contributed by atoms with E-state index < -0.39 is 0 Å². The van der Waals surface area contributed by atoms with Gasteiger partial charge >= 0.3 is 0 Å². The Morgan fingerprint density at radius 2 is 2.18 bits per heavy atom. The van der Waals surface area contributed by atoms with Gasteiger partial charge in [-0.3, -0.25) is 0 Å². The lowest BCUT2D eigenvalue weighted by molar-refractivity contribution is 0.570. The summed E-state index contributed by atoms with van der Waals surface area (Å²) < 4.78 is 0. The van der Waals surface area contributed by atoms with Crippen LogP contribution in [0.3, 0.4) is 0 Å². The third-order valence-corrected chi connectivity index (χ3v) is 2.86. The molecule has 0 radical (unpaired) electrons. The highest BCUT2D eigenvalue weighted by atomic mass is 14.9. The van der Waals surface area contributed by atoms with Crippen LogP contribution in [0.15, 0.2) is 18.2 Å². The normalized spacial score (nSPS) is 11.5. The molecule has 2 N–H and O–H groups in total. The zero-order chi connectivity index (χ0) is 12.3. The van der Waals surface area contributed by atoms with E-state index in [1.807, 2.05) is 6.92 Å². The minimum atomic E-state index is 0.577. The van der Waals surface area contributed by atoms with Crippen LogP contribution in [0.25, 0.3) is 11.0 Å². The Morgan fingerprint density at radius 3 is 2.94 bits per heavy atom. The zero-order valence-corrected chi connectivity index (χ0v) is 10.9. The summed E-state index contributed by atoms with van der Waals surface area (Å²) >= 11 is 0. The molecule has 0 aliphatic carbocycles. The van der Waals surface area contributed by atoms with E-state index in [1.165, 1.54) is 12.0 Å². The summed E-state index contributed by atoms with van der Waals surface area (Å²) in [6, 6.07) is 7.07. The minimum absolute atomic E-state index is 0.577. The van der Waals surface area contributed by atoms with Crippen molar-refractivity contribution >= 4 is 11.0 Å². The summed E-state index contributed by atoms with van der Waals surface area (Å²) in [7, 11) is 0. The number of hydrogen-bond donors (Lipinski definition) is 2. The number of imidazole rings is 1. The highest BCUT2D eigenvalue weighted by molar-refractivity contribution is 5.75. The third kappa shape index (κ3) is 3.30. The number of nitrogens with zero attached hydrogens (tertiary/aromatic N) is 1. The Labute approximate surface area is 103 Å². The number of aryl methyl sites for hydroxylation is 2.